The smallest absolute Gasteiger partial charge is 0.140 e. The van der Waals surface area contributed by atoms with Crippen LogP contribution in [-0.4, -0.2) is 25.1 Å². The average Bonchev–Trinajstić information content (AvgIpc) is 2.19. The molecule has 0 spiro atoms. The Hall–Kier alpha value is -0.700. The van der Waals surface area contributed by atoms with Crippen molar-refractivity contribution in [1.82, 2.24) is 0 Å². The first-order chi connectivity index (χ1) is 3.93. The third-order valence-electron chi connectivity index (χ3n) is 1.01. The van der Waals surface area contributed by atoms with Crippen LogP contribution in [0, 0.1) is 0 Å². The van der Waals surface area contributed by atoms with Crippen LogP contribution in [0.5, 0.6) is 0 Å². The number of nitrogens with two attached hydrogens (primary N) is 1. The van der Waals surface area contributed by atoms with Gasteiger partial charge in [-0.15, -0.1) is 0 Å². The molecule has 1 aliphatic rings. The largest absolute Gasteiger partial charge is 0.330 e. The lowest BCUT2D eigenvalue weighted by Gasteiger charge is -1.97. The highest BCUT2D eigenvalue weighted by Gasteiger charge is 2.01. The summed E-state index contributed by atoms with van der Waals surface area (Å²) in [4.78, 5) is 8.00. The van der Waals surface area contributed by atoms with Crippen LogP contribution in [0.15, 0.2) is 9.98 Å². The monoisotopic (exact) mass is 111 g/mol. The second-order valence-corrected chi connectivity index (χ2v) is 1.65. The van der Waals surface area contributed by atoms with Gasteiger partial charge in [-0.2, -0.15) is 0 Å². The minimum atomic E-state index is 0.125. The quantitative estimate of drug-likeness (QED) is 0.528. The normalized spacial score (nSPS) is 18.1. The molecular weight excluding hydrogens is 102 g/mol. The van der Waals surface area contributed by atoms with E-state index in [0.29, 0.717) is 6.54 Å². The Morgan fingerprint density at radius 1 is 1.38 bits per heavy atom. The van der Waals surface area contributed by atoms with Gasteiger partial charge < -0.3 is 5.73 Å². The zero-order valence-electron chi connectivity index (χ0n) is 4.62. The molecular formula is C5H9N3. The Kier molecular flexibility index (Phi) is 1.75. The third-order valence-corrected chi connectivity index (χ3v) is 1.01. The Morgan fingerprint density at radius 2 is 2.00 bits per heavy atom. The molecule has 3 heteroatoms. The van der Waals surface area contributed by atoms with E-state index in [1.54, 1.807) is 12.4 Å². The molecule has 0 fully saturated rings. The van der Waals surface area contributed by atoms with E-state index in [-0.39, 0.29) is 6.17 Å². The summed E-state index contributed by atoms with van der Waals surface area (Å²) in [7, 11) is 0. The first kappa shape index (κ1) is 5.44. The van der Waals surface area contributed by atoms with Gasteiger partial charge in [-0.25, -0.2) is 0 Å². The van der Waals surface area contributed by atoms with Gasteiger partial charge in [0.15, 0.2) is 0 Å². The van der Waals surface area contributed by atoms with Crippen molar-refractivity contribution in [3.8, 4) is 0 Å². The van der Waals surface area contributed by atoms with Crippen LogP contribution in [0.3, 0.4) is 0 Å². The summed E-state index contributed by atoms with van der Waals surface area (Å²) in [6.07, 6.45) is 4.41. The predicted octanol–water partition coefficient (Wildman–Crippen LogP) is -0.183. The average molecular weight is 111 g/mol. The number of hydrogen-bond donors (Lipinski definition) is 1. The Balaban J connectivity index is 2.27. The van der Waals surface area contributed by atoms with Crippen LogP contribution < -0.4 is 5.73 Å². The van der Waals surface area contributed by atoms with Gasteiger partial charge in [-0.3, -0.25) is 9.98 Å². The van der Waals surface area contributed by atoms with Gasteiger partial charge in [0.25, 0.3) is 0 Å². The highest BCUT2D eigenvalue weighted by atomic mass is 15.0. The summed E-state index contributed by atoms with van der Waals surface area (Å²) in [5, 5.41) is 0. The fraction of sp³-hybridized carbons (Fsp3) is 0.600. The molecule has 0 saturated carbocycles. The zero-order valence-corrected chi connectivity index (χ0v) is 4.62. The molecule has 1 heterocycles. The first-order valence-corrected chi connectivity index (χ1v) is 2.68. The van der Waals surface area contributed by atoms with Crippen LogP contribution in [0.1, 0.15) is 6.42 Å². The van der Waals surface area contributed by atoms with Crippen molar-refractivity contribution >= 4 is 12.4 Å². The molecule has 0 aromatic heterocycles. The molecule has 3 nitrogen and oxygen atoms in total. The maximum atomic E-state index is 5.26. The van der Waals surface area contributed by atoms with E-state index >= 15 is 0 Å². The molecule has 0 unspecified atom stereocenters. The third kappa shape index (κ3) is 1.13. The molecule has 0 amide bonds. The fourth-order valence-corrected chi connectivity index (χ4v) is 0.612. The van der Waals surface area contributed by atoms with Gasteiger partial charge in [0, 0.05) is 18.9 Å². The molecule has 0 atom stereocenters. The van der Waals surface area contributed by atoms with Crippen LogP contribution in [0.2, 0.25) is 0 Å². The van der Waals surface area contributed by atoms with E-state index in [0.717, 1.165) is 6.42 Å². The lowest BCUT2D eigenvalue weighted by Crippen LogP contribution is -2.07. The van der Waals surface area contributed by atoms with E-state index < -0.39 is 0 Å². The van der Waals surface area contributed by atoms with E-state index in [2.05, 4.69) is 9.98 Å². The molecule has 8 heavy (non-hydrogen) atoms. The van der Waals surface area contributed by atoms with Crippen molar-refractivity contribution < 1.29 is 0 Å². The summed E-state index contributed by atoms with van der Waals surface area (Å²) in [5.41, 5.74) is 5.26. The maximum absolute atomic E-state index is 5.26. The molecule has 44 valence electrons. The van der Waals surface area contributed by atoms with Gasteiger partial charge in [0.2, 0.25) is 0 Å². The SMILES string of the molecule is NCCC1N=CC=N1. The molecule has 0 saturated heterocycles. The summed E-state index contributed by atoms with van der Waals surface area (Å²) in [6, 6.07) is 0. The molecule has 0 bridgehead atoms. The molecule has 0 aliphatic carbocycles. The topological polar surface area (TPSA) is 50.7 Å². The van der Waals surface area contributed by atoms with E-state index in [4.69, 9.17) is 5.73 Å². The Bertz CT molecular complexity index is 105. The van der Waals surface area contributed by atoms with E-state index in [9.17, 15) is 0 Å². The first-order valence-electron chi connectivity index (χ1n) is 2.68. The molecule has 1 aliphatic heterocycles. The van der Waals surface area contributed by atoms with E-state index in [1.165, 1.54) is 0 Å². The van der Waals surface area contributed by atoms with Gasteiger partial charge in [0.05, 0.1) is 0 Å². The lowest BCUT2D eigenvalue weighted by molar-refractivity contribution is 0.667. The molecule has 0 radical (unpaired) electrons. The van der Waals surface area contributed by atoms with Gasteiger partial charge in [-0.1, -0.05) is 0 Å². The molecule has 1 rings (SSSR count). The fourth-order valence-electron chi connectivity index (χ4n) is 0.612. The summed E-state index contributed by atoms with van der Waals surface area (Å²) < 4.78 is 0. The highest BCUT2D eigenvalue weighted by molar-refractivity contribution is 6.17. The van der Waals surface area contributed by atoms with Gasteiger partial charge in [0.1, 0.15) is 6.17 Å². The Morgan fingerprint density at radius 3 is 2.50 bits per heavy atom. The molecule has 2 N–H and O–H groups in total. The number of nitrogens with zero attached hydrogens (tertiary/aromatic N) is 2. The Labute approximate surface area is 48.3 Å². The van der Waals surface area contributed by atoms with Crippen molar-refractivity contribution in [2.75, 3.05) is 6.54 Å². The lowest BCUT2D eigenvalue weighted by atomic mass is 10.4. The number of hydrogen-bond acceptors (Lipinski definition) is 3. The molecule has 0 aromatic rings. The minimum Gasteiger partial charge on any atom is -0.330 e. The van der Waals surface area contributed by atoms with Gasteiger partial charge >= 0.3 is 0 Å². The predicted molar refractivity (Wildman–Crippen MR) is 34.4 cm³/mol. The summed E-state index contributed by atoms with van der Waals surface area (Å²) >= 11 is 0. The van der Waals surface area contributed by atoms with Crippen molar-refractivity contribution in [3.05, 3.63) is 0 Å². The number of rotatable bonds is 2. The van der Waals surface area contributed by atoms with Crippen LogP contribution in [0.4, 0.5) is 0 Å². The van der Waals surface area contributed by atoms with Crippen molar-refractivity contribution in [2.24, 2.45) is 15.7 Å². The maximum Gasteiger partial charge on any atom is 0.140 e. The van der Waals surface area contributed by atoms with Crippen LogP contribution in [-0.2, 0) is 0 Å². The van der Waals surface area contributed by atoms with Crippen molar-refractivity contribution in [1.29, 1.82) is 0 Å². The highest BCUT2D eigenvalue weighted by Crippen LogP contribution is 1.99. The second kappa shape index (κ2) is 2.57. The second-order valence-electron chi connectivity index (χ2n) is 1.65. The van der Waals surface area contributed by atoms with E-state index in [1.807, 2.05) is 0 Å². The van der Waals surface area contributed by atoms with Crippen LogP contribution in [0.25, 0.3) is 0 Å². The van der Waals surface area contributed by atoms with Crippen LogP contribution >= 0.6 is 0 Å². The summed E-state index contributed by atoms with van der Waals surface area (Å²) in [6.45, 7) is 0.666. The van der Waals surface area contributed by atoms with Crippen molar-refractivity contribution in [2.45, 2.75) is 12.6 Å². The van der Waals surface area contributed by atoms with Gasteiger partial charge in [-0.05, 0) is 6.54 Å². The molecule has 0 aromatic carbocycles. The summed E-state index contributed by atoms with van der Waals surface area (Å²) in [5.74, 6) is 0. The zero-order chi connectivity index (χ0) is 5.82. The van der Waals surface area contributed by atoms with Crippen molar-refractivity contribution in [3.63, 3.8) is 0 Å². The standard InChI is InChI=1S/C5H9N3/c6-2-1-5-7-3-4-8-5/h3-5H,1-2,6H2. The minimum absolute atomic E-state index is 0.125. The number of aliphatic imine (C=N–C) groups is 2.